The number of Topliss-reactive ketones (excluding diaryl/α,β-unsaturated/α-hetero) is 1. The number of carbonyl (C=O) groups excluding carboxylic acids is 4. The lowest BCUT2D eigenvalue weighted by Crippen LogP contribution is -2.54. The van der Waals surface area contributed by atoms with Crippen molar-refractivity contribution >= 4 is 23.5 Å². The van der Waals surface area contributed by atoms with Crippen LogP contribution in [0.1, 0.15) is 53.4 Å². The van der Waals surface area contributed by atoms with Crippen LogP contribution in [-0.2, 0) is 23.9 Å². The molecule has 190 valence electrons. The number of aliphatic hydroxyl groups is 1. The molecule has 1 aliphatic heterocycles. The topological polar surface area (TPSA) is 134 Å². The molecule has 0 spiro atoms. The number of rotatable bonds is 13. The summed E-state index contributed by atoms with van der Waals surface area (Å²) in [7, 11) is 0. The van der Waals surface area contributed by atoms with Crippen molar-refractivity contribution in [3.05, 3.63) is 0 Å². The van der Waals surface area contributed by atoms with Gasteiger partial charge in [-0.2, -0.15) is 0 Å². The van der Waals surface area contributed by atoms with Gasteiger partial charge in [0.2, 0.25) is 17.7 Å². The Morgan fingerprint density at radius 3 is 2.12 bits per heavy atom. The van der Waals surface area contributed by atoms with Gasteiger partial charge in [-0.1, -0.05) is 27.7 Å². The van der Waals surface area contributed by atoms with Gasteiger partial charge in [0.15, 0.2) is 5.78 Å². The third kappa shape index (κ3) is 11.0. The molecule has 33 heavy (non-hydrogen) atoms. The third-order valence-corrected chi connectivity index (χ3v) is 5.10. The summed E-state index contributed by atoms with van der Waals surface area (Å²) in [4.78, 5) is 49.5. The summed E-state index contributed by atoms with van der Waals surface area (Å²) in [5.41, 5.74) is 0. The molecule has 0 aromatic heterocycles. The molecule has 1 fully saturated rings. The summed E-state index contributed by atoms with van der Waals surface area (Å²) in [6, 6.07) is -2.54. The molecule has 0 saturated carbocycles. The maximum Gasteiger partial charge on any atom is 0.522 e. The van der Waals surface area contributed by atoms with Gasteiger partial charge in [0.1, 0.15) is 18.8 Å². The van der Waals surface area contributed by atoms with Gasteiger partial charge in [-0.05, 0) is 37.5 Å². The Kier molecular flexibility index (Phi) is 11.2. The fraction of sp³-hybridized carbons (Fsp3) is 0.810. The first-order chi connectivity index (χ1) is 15.2. The molecule has 0 aliphatic carbocycles. The standard InChI is InChI=1S/C21H34F3N3O6/c1-11(2)7-15(27-20(32)16(28)8-12(3)4)19(31)26-14(9-13-5-6-25-18(13)30)17(29)10-33-21(22,23)24/h11-16,28H,5-10H2,1-4H3,(H,25,30)(H,26,31)(H,27,32)/t13-,14-,15-,16+/m0/s1. The number of amides is 3. The average molecular weight is 482 g/mol. The fourth-order valence-corrected chi connectivity index (χ4v) is 3.48. The molecule has 0 aromatic carbocycles. The van der Waals surface area contributed by atoms with Crippen LogP contribution in [0.15, 0.2) is 0 Å². The molecule has 9 nitrogen and oxygen atoms in total. The summed E-state index contributed by atoms with van der Waals surface area (Å²) in [6.07, 6.45) is -5.87. The molecular weight excluding hydrogens is 447 g/mol. The van der Waals surface area contributed by atoms with Gasteiger partial charge >= 0.3 is 6.36 Å². The van der Waals surface area contributed by atoms with Crippen LogP contribution in [0.4, 0.5) is 13.2 Å². The predicted molar refractivity (Wildman–Crippen MR) is 112 cm³/mol. The Labute approximate surface area is 191 Å². The van der Waals surface area contributed by atoms with Crippen molar-refractivity contribution in [1.29, 1.82) is 0 Å². The number of alkyl halides is 3. The second-order valence-corrected chi connectivity index (χ2v) is 9.11. The molecule has 1 saturated heterocycles. The lowest BCUT2D eigenvalue weighted by Gasteiger charge is -2.26. The smallest absolute Gasteiger partial charge is 0.383 e. The second kappa shape index (κ2) is 12.9. The normalized spacial score (nSPS) is 19.2. The molecule has 12 heteroatoms. The van der Waals surface area contributed by atoms with Crippen molar-refractivity contribution in [2.75, 3.05) is 13.2 Å². The van der Waals surface area contributed by atoms with Crippen LogP contribution in [0.3, 0.4) is 0 Å². The Balaban J connectivity index is 2.96. The van der Waals surface area contributed by atoms with E-state index in [-0.39, 0.29) is 37.0 Å². The molecule has 4 N–H and O–H groups in total. The first kappa shape index (κ1) is 28.8. The van der Waals surface area contributed by atoms with E-state index in [4.69, 9.17) is 0 Å². The van der Waals surface area contributed by atoms with Crippen molar-refractivity contribution in [2.24, 2.45) is 17.8 Å². The number of aliphatic hydroxyl groups excluding tert-OH is 1. The SMILES string of the molecule is CC(C)C[C@@H](O)C(=O)N[C@@H](CC(C)C)C(=O)N[C@@H](C[C@@H]1CCNC1=O)C(=O)COC(F)(F)F. The van der Waals surface area contributed by atoms with E-state index in [0.29, 0.717) is 13.0 Å². The first-order valence-corrected chi connectivity index (χ1v) is 11.0. The minimum Gasteiger partial charge on any atom is -0.383 e. The Hall–Kier alpha value is -2.21. The highest BCUT2D eigenvalue weighted by atomic mass is 19.4. The van der Waals surface area contributed by atoms with Gasteiger partial charge in [-0.15, -0.1) is 13.2 Å². The largest absolute Gasteiger partial charge is 0.522 e. The summed E-state index contributed by atoms with van der Waals surface area (Å²) < 4.78 is 40.8. The number of halogens is 3. The Bertz CT molecular complexity index is 699. The molecule has 0 bridgehead atoms. The lowest BCUT2D eigenvalue weighted by atomic mass is 9.95. The summed E-state index contributed by atoms with van der Waals surface area (Å²) in [6.45, 7) is 6.24. The monoisotopic (exact) mass is 481 g/mol. The molecule has 1 rings (SSSR count). The van der Waals surface area contributed by atoms with Gasteiger partial charge in [0.25, 0.3) is 0 Å². The van der Waals surface area contributed by atoms with Crippen molar-refractivity contribution in [3.63, 3.8) is 0 Å². The van der Waals surface area contributed by atoms with Crippen LogP contribution in [0.2, 0.25) is 0 Å². The summed E-state index contributed by atoms with van der Waals surface area (Å²) in [5, 5.41) is 17.4. The zero-order valence-corrected chi connectivity index (χ0v) is 19.3. The van der Waals surface area contributed by atoms with E-state index in [0.717, 1.165) is 0 Å². The van der Waals surface area contributed by atoms with Crippen LogP contribution in [0, 0.1) is 17.8 Å². The van der Waals surface area contributed by atoms with E-state index in [2.05, 4.69) is 20.7 Å². The quantitative estimate of drug-likeness (QED) is 0.311. The minimum atomic E-state index is -5.03. The van der Waals surface area contributed by atoms with Crippen LogP contribution in [0.5, 0.6) is 0 Å². The van der Waals surface area contributed by atoms with Crippen LogP contribution in [0.25, 0.3) is 0 Å². The molecule has 3 amide bonds. The van der Waals surface area contributed by atoms with E-state index in [9.17, 15) is 37.5 Å². The van der Waals surface area contributed by atoms with E-state index in [1.165, 1.54) is 0 Å². The van der Waals surface area contributed by atoms with Gasteiger partial charge in [-0.3, -0.25) is 23.9 Å². The molecule has 1 heterocycles. The molecule has 4 atom stereocenters. The van der Waals surface area contributed by atoms with E-state index >= 15 is 0 Å². The van der Waals surface area contributed by atoms with Gasteiger partial charge < -0.3 is 21.1 Å². The highest BCUT2D eigenvalue weighted by Gasteiger charge is 2.36. The summed E-state index contributed by atoms with van der Waals surface area (Å²) >= 11 is 0. The number of carbonyl (C=O) groups is 4. The van der Waals surface area contributed by atoms with Gasteiger partial charge in [0, 0.05) is 12.5 Å². The number of nitrogens with one attached hydrogen (secondary N) is 3. The number of ketones is 1. The van der Waals surface area contributed by atoms with E-state index in [1.54, 1.807) is 13.8 Å². The molecule has 0 unspecified atom stereocenters. The minimum absolute atomic E-state index is 0.0244. The second-order valence-electron chi connectivity index (χ2n) is 9.11. The molecular formula is C21H34F3N3O6. The Morgan fingerprint density at radius 1 is 1.06 bits per heavy atom. The van der Waals surface area contributed by atoms with Gasteiger partial charge in [-0.25, -0.2) is 0 Å². The van der Waals surface area contributed by atoms with Crippen molar-refractivity contribution in [1.82, 2.24) is 16.0 Å². The Morgan fingerprint density at radius 2 is 1.64 bits per heavy atom. The number of hydrogen-bond acceptors (Lipinski definition) is 6. The summed E-state index contributed by atoms with van der Waals surface area (Å²) in [5.74, 6) is -3.66. The van der Waals surface area contributed by atoms with Crippen LogP contribution >= 0.6 is 0 Å². The highest BCUT2D eigenvalue weighted by Crippen LogP contribution is 2.20. The molecule has 0 radical (unpaired) electrons. The zero-order valence-electron chi connectivity index (χ0n) is 19.3. The van der Waals surface area contributed by atoms with Crippen molar-refractivity contribution in [2.45, 2.75) is 77.9 Å². The predicted octanol–water partition coefficient (Wildman–Crippen LogP) is 1.04. The van der Waals surface area contributed by atoms with Crippen LogP contribution in [-0.4, -0.2) is 66.3 Å². The van der Waals surface area contributed by atoms with Crippen molar-refractivity contribution in [3.8, 4) is 0 Å². The zero-order chi connectivity index (χ0) is 25.3. The molecule has 0 aromatic rings. The van der Waals surface area contributed by atoms with E-state index < -0.39 is 54.7 Å². The first-order valence-electron chi connectivity index (χ1n) is 11.0. The van der Waals surface area contributed by atoms with E-state index in [1.807, 2.05) is 13.8 Å². The van der Waals surface area contributed by atoms with Gasteiger partial charge in [0.05, 0.1) is 6.04 Å². The lowest BCUT2D eigenvalue weighted by molar-refractivity contribution is -0.321. The van der Waals surface area contributed by atoms with Crippen LogP contribution < -0.4 is 16.0 Å². The fourth-order valence-electron chi connectivity index (χ4n) is 3.48. The number of hydrogen-bond donors (Lipinski definition) is 4. The number of ether oxygens (including phenoxy) is 1. The average Bonchev–Trinajstić information content (AvgIpc) is 3.07. The maximum atomic E-state index is 12.9. The third-order valence-electron chi connectivity index (χ3n) is 5.10. The molecule has 1 aliphatic rings. The van der Waals surface area contributed by atoms with Crippen molar-refractivity contribution < 1.29 is 42.2 Å². The highest BCUT2D eigenvalue weighted by molar-refractivity contribution is 5.94. The maximum absolute atomic E-state index is 12.9.